The molecule has 23 heavy (non-hydrogen) atoms. The molecule has 0 radical (unpaired) electrons. The predicted molar refractivity (Wildman–Crippen MR) is 88.6 cm³/mol. The molecule has 0 bridgehead atoms. The van der Waals surface area contributed by atoms with Crippen LogP contribution in [0.1, 0.15) is 52.4 Å². The zero-order valence-electron chi connectivity index (χ0n) is 14.0. The summed E-state index contributed by atoms with van der Waals surface area (Å²) in [4.78, 5) is 10.6. The van der Waals surface area contributed by atoms with Crippen LogP contribution in [0.15, 0.2) is 18.4 Å². The molecule has 0 N–H and O–H groups in total. The molecule has 4 heteroatoms. The summed E-state index contributed by atoms with van der Waals surface area (Å²) in [7, 11) is 0. The zero-order chi connectivity index (χ0) is 17.6. The van der Waals surface area contributed by atoms with E-state index in [1.165, 1.54) is 6.92 Å². The number of nitriles is 2. The summed E-state index contributed by atoms with van der Waals surface area (Å²) in [6.45, 7) is 6.74. The molecule has 4 nitrogen and oxygen atoms in total. The first kappa shape index (κ1) is 20.5. The maximum atomic E-state index is 10.6. The minimum atomic E-state index is -1.11. The fourth-order valence-electron chi connectivity index (χ4n) is 2.11. The molecule has 0 aliphatic heterocycles. The van der Waals surface area contributed by atoms with E-state index in [-0.39, 0.29) is 18.9 Å². The molecule has 0 rings (SSSR count). The minimum absolute atomic E-state index is 0.00648. The monoisotopic (exact) mass is 312 g/mol. The van der Waals surface area contributed by atoms with Gasteiger partial charge in [-0.05, 0) is 31.3 Å². The lowest BCUT2D eigenvalue weighted by Crippen LogP contribution is -2.25. The van der Waals surface area contributed by atoms with Gasteiger partial charge in [-0.1, -0.05) is 38.2 Å². The highest BCUT2D eigenvalue weighted by Crippen LogP contribution is 2.33. The maximum absolute atomic E-state index is 10.6. The highest BCUT2D eigenvalue weighted by molar-refractivity contribution is 5.66. The first-order chi connectivity index (χ1) is 11.0. The van der Waals surface area contributed by atoms with Crippen molar-refractivity contribution in [2.24, 2.45) is 11.3 Å². The van der Waals surface area contributed by atoms with Gasteiger partial charge in [0.2, 0.25) is 0 Å². The van der Waals surface area contributed by atoms with Gasteiger partial charge >= 0.3 is 5.97 Å². The van der Waals surface area contributed by atoms with Crippen LogP contribution in [0.2, 0.25) is 0 Å². The minimum Gasteiger partial charge on any atom is -0.453 e. The van der Waals surface area contributed by atoms with Crippen LogP contribution in [-0.2, 0) is 9.53 Å². The first-order valence-electron chi connectivity index (χ1n) is 7.78. The Morgan fingerprint density at radius 3 is 2.52 bits per heavy atom. The van der Waals surface area contributed by atoms with Crippen LogP contribution in [0.25, 0.3) is 0 Å². The molecule has 122 valence electrons. The second-order valence-corrected chi connectivity index (χ2v) is 5.45. The highest BCUT2D eigenvalue weighted by Gasteiger charge is 2.35. The van der Waals surface area contributed by atoms with Crippen molar-refractivity contribution in [1.82, 2.24) is 0 Å². The largest absolute Gasteiger partial charge is 0.453 e. The smallest absolute Gasteiger partial charge is 0.303 e. The Labute approximate surface area is 139 Å². The number of ether oxygens (including phenoxy) is 1. The van der Waals surface area contributed by atoms with E-state index < -0.39 is 11.4 Å². The lowest BCUT2D eigenvalue weighted by atomic mass is 9.74. The topological polar surface area (TPSA) is 73.9 Å². The van der Waals surface area contributed by atoms with E-state index in [0.29, 0.717) is 0 Å². The summed E-state index contributed by atoms with van der Waals surface area (Å²) >= 11 is 0. The van der Waals surface area contributed by atoms with Gasteiger partial charge in [0, 0.05) is 13.3 Å². The third kappa shape index (κ3) is 8.53. The molecule has 0 aliphatic carbocycles. The van der Waals surface area contributed by atoms with Gasteiger partial charge in [-0.2, -0.15) is 10.5 Å². The van der Waals surface area contributed by atoms with Gasteiger partial charge in [0.05, 0.1) is 12.1 Å². The third-order valence-electron chi connectivity index (χ3n) is 3.71. The van der Waals surface area contributed by atoms with E-state index in [0.717, 1.165) is 32.1 Å². The zero-order valence-corrected chi connectivity index (χ0v) is 14.0. The lowest BCUT2D eigenvalue weighted by molar-refractivity contribution is -0.139. The fourth-order valence-corrected chi connectivity index (χ4v) is 2.11. The van der Waals surface area contributed by atoms with Crippen LogP contribution in [0.4, 0.5) is 0 Å². The molecule has 0 fully saturated rings. The Hall–Kier alpha value is -2.47. The Balaban J connectivity index is 4.45. The Bertz CT molecular complexity index is 549. The van der Waals surface area contributed by atoms with Crippen molar-refractivity contribution in [3.8, 4) is 24.0 Å². The van der Waals surface area contributed by atoms with Gasteiger partial charge in [-0.15, -0.1) is 5.73 Å². The molecule has 0 aromatic carbocycles. The lowest BCUT2D eigenvalue weighted by Gasteiger charge is -2.23. The van der Waals surface area contributed by atoms with E-state index in [2.05, 4.69) is 36.3 Å². The van der Waals surface area contributed by atoms with Crippen molar-refractivity contribution in [2.75, 3.05) is 6.61 Å². The maximum Gasteiger partial charge on any atom is 0.303 e. The number of hydrogen-bond acceptors (Lipinski definition) is 4. The third-order valence-corrected chi connectivity index (χ3v) is 3.71. The van der Waals surface area contributed by atoms with Crippen LogP contribution < -0.4 is 0 Å². The SMILES string of the molecule is C=C=CCCCCCC(C)C(C#N)(C#N)CC#CCOC(C)=O. The Morgan fingerprint density at radius 2 is 1.96 bits per heavy atom. The summed E-state index contributed by atoms with van der Waals surface area (Å²) < 4.78 is 4.71. The van der Waals surface area contributed by atoms with Crippen molar-refractivity contribution in [3.05, 3.63) is 18.4 Å². The van der Waals surface area contributed by atoms with Crippen molar-refractivity contribution in [2.45, 2.75) is 52.4 Å². The van der Waals surface area contributed by atoms with E-state index >= 15 is 0 Å². The standard InChI is InChI=1S/C19H24N2O2/c1-4-5-6-7-8-9-12-17(2)19(15-20,16-21)13-10-11-14-23-18(3)22/h5,17H,1,6-9,12-14H2,2-3H3. The van der Waals surface area contributed by atoms with E-state index in [9.17, 15) is 15.3 Å². The molecule has 0 aromatic heterocycles. The molecule has 0 spiro atoms. The number of allylic oxidation sites excluding steroid dienone is 1. The molecule has 0 saturated carbocycles. The molecule has 0 saturated heterocycles. The summed E-state index contributed by atoms with van der Waals surface area (Å²) in [6.07, 6.45) is 6.93. The molecular formula is C19H24N2O2. The van der Waals surface area contributed by atoms with Crippen LogP contribution in [-0.4, -0.2) is 12.6 Å². The summed E-state index contributed by atoms with van der Waals surface area (Å²) in [6, 6.07) is 4.26. The van der Waals surface area contributed by atoms with Crippen molar-refractivity contribution in [3.63, 3.8) is 0 Å². The molecule has 0 aliphatic rings. The van der Waals surface area contributed by atoms with Crippen molar-refractivity contribution >= 4 is 5.97 Å². The van der Waals surface area contributed by atoms with Gasteiger partial charge < -0.3 is 4.74 Å². The molecular weight excluding hydrogens is 288 g/mol. The van der Waals surface area contributed by atoms with Gasteiger partial charge in [0.25, 0.3) is 0 Å². The van der Waals surface area contributed by atoms with Gasteiger partial charge in [0.1, 0.15) is 0 Å². The van der Waals surface area contributed by atoms with Crippen molar-refractivity contribution in [1.29, 1.82) is 10.5 Å². The number of esters is 1. The second-order valence-electron chi connectivity index (χ2n) is 5.45. The average molecular weight is 312 g/mol. The van der Waals surface area contributed by atoms with Gasteiger partial charge in [0.15, 0.2) is 12.0 Å². The van der Waals surface area contributed by atoms with Gasteiger partial charge in [-0.3, -0.25) is 4.79 Å². The number of rotatable bonds is 9. The highest BCUT2D eigenvalue weighted by atomic mass is 16.5. The average Bonchev–Trinajstić information content (AvgIpc) is 2.54. The van der Waals surface area contributed by atoms with E-state index in [1.807, 2.05) is 13.0 Å². The molecule has 0 heterocycles. The van der Waals surface area contributed by atoms with Gasteiger partial charge in [-0.25, -0.2) is 0 Å². The normalized spacial score (nSPS) is 11.0. The quantitative estimate of drug-likeness (QED) is 0.280. The molecule has 1 unspecified atom stereocenters. The van der Waals surface area contributed by atoms with Crippen molar-refractivity contribution < 1.29 is 9.53 Å². The number of carbonyl (C=O) groups excluding carboxylic acids is 1. The molecule has 0 amide bonds. The van der Waals surface area contributed by atoms with E-state index in [4.69, 9.17) is 4.74 Å². The van der Waals surface area contributed by atoms with Crippen LogP contribution in [0.5, 0.6) is 0 Å². The summed E-state index contributed by atoms with van der Waals surface area (Å²) in [5.41, 5.74) is 1.64. The molecule has 0 aromatic rings. The van der Waals surface area contributed by atoms with Crippen LogP contribution in [0, 0.1) is 45.8 Å². The Kier molecular flexibility index (Phi) is 10.8. The van der Waals surface area contributed by atoms with Crippen LogP contribution >= 0.6 is 0 Å². The summed E-state index contributed by atoms with van der Waals surface area (Å²) in [5.74, 6) is 5.01. The number of nitrogens with zero attached hydrogens (tertiary/aromatic N) is 2. The summed E-state index contributed by atoms with van der Waals surface area (Å²) in [5, 5.41) is 18.8. The predicted octanol–water partition coefficient (Wildman–Crippen LogP) is 3.90. The fraction of sp³-hybridized carbons (Fsp3) is 0.579. The van der Waals surface area contributed by atoms with E-state index in [1.54, 1.807) is 0 Å². The number of unbranched alkanes of at least 4 members (excludes halogenated alkanes) is 3. The Morgan fingerprint density at radius 1 is 1.26 bits per heavy atom. The van der Waals surface area contributed by atoms with Crippen LogP contribution in [0.3, 0.4) is 0 Å². The second kappa shape index (κ2) is 12.1. The first-order valence-corrected chi connectivity index (χ1v) is 7.78. The number of hydrogen-bond donors (Lipinski definition) is 0. The number of carbonyl (C=O) groups is 1. The molecule has 1 atom stereocenters.